The molecule has 0 atom stereocenters. The molecule has 0 radical (unpaired) electrons. The first-order chi connectivity index (χ1) is 13.7. The zero-order valence-electron chi connectivity index (χ0n) is 16.2. The minimum atomic E-state index is 0.239. The molecule has 5 rings (SSSR count). The molecular weight excluding hydrogens is 356 g/mol. The molecule has 146 valence electrons. The van der Waals surface area contributed by atoms with Crippen molar-refractivity contribution in [2.45, 2.75) is 57.3 Å². The Kier molecular flexibility index (Phi) is 4.33. The van der Waals surface area contributed by atoms with Crippen LogP contribution in [-0.2, 0) is 0 Å². The van der Waals surface area contributed by atoms with E-state index in [-0.39, 0.29) is 5.92 Å². The van der Waals surface area contributed by atoms with Crippen molar-refractivity contribution in [2.24, 2.45) is 0 Å². The predicted octanol–water partition coefficient (Wildman–Crippen LogP) is 3.90. The van der Waals surface area contributed by atoms with Crippen LogP contribution < -0.4 is 4.90 Å². The molecule has 0 spiro atoms. The lowest BCUT2D eigenvalue weighted by Crippen LogP contribution is -2.33. The van der Waals surface area contributed by atoms with E-state index in [0.717, 1.165) is 54.9 Å². The third-order valence-corrected chi connectivity index (χ3v) is 5.52. The molecule has 1 saturated heterocycles. The van der Waals surface area contributed by atoms with Gasteiger partial charge in [0.05, 0.1) is 0 Å². The first-order valence-corrected chi connectivity index (χ1v) is 10.1. The van der Waals surface area contributed by atoms with E-state index in [0.29, 0.717) is 17.7 Å². The van der Waals surface area contributed by atoms with Crippen LogP contribution in [0.4, 0.5) is 5.82 Å². The summed E-state index contributed by atoms with van der Waals surface area (Å²) in [5, 5.41) is 8.27. The van der Waals surface area contributed by atoms with Crippen LogP contribution in [0.5, 0.6) is 0 Å². The van der Waals surface area contributed by atoms with Crippen LogP contribution in [-0.4, -0.2) is 38.4 Å². The maximum absolute atomic E-state index is 5.43. The number of aromatic nitrogens is 5. The van der Waals surface area contributed by atoms with Gasteiger partial charge in [0.25, 0.3) is 5.89 Å². The van der Waals surface area contributed by atoms with Crippen LogP contribution >= 0.6 is 0 Å². The van der Waals surface area contributed by atoms with Crippen molar-refractivity contribution in [1.29, 1.82) is 0 Å². The second-order valence-electron chi connectivity index (χ2n) is 8.04. The smallest absolute Gasteiger partial charge is 0.258 e. The van der Waals surface area contributed by atoms with Crippen molar-refractivity contribution < 1.29 is 9.05 Å². The van der Waals surface area contributed by atoms with Crippen LogP contribution in [0, 0.1) is 0 Å². The van der Waals surface area contributed by atoms with Gasteiger partial charge in [0.2, 0.25) is 5.89 Å². The van der Waals surface area contributed by atoms with Gasteiger partial charge < -0.3 is 13.9 Å². The number of piperidine rings is 1. The van der Waals surface area contributed by atoms with Crippen molar-refractivity contribution in [1.82, 2.24) is 25.3 Å². The molecule has 1 aliphatic carbocycles. The van der Waals surface area contributed by atoms with E-state index in [9.17, 15) is 0 Å². The van der Waals surface area contributed by atoms with Gasteiger partial charge in [0.1, 0.15) is 5.82 Å². The zero-order chi connectivity index (χ0) is 19.1. The van der Waals surface area contributed by atoms with Gasteiger partial charge in [-0.3, -0.25) is 0 Å². The number of hydrogen-bond acceptors (Lipinski definition) is 8. The Morgan fingerprint density at radius 1 is 1.00 bits per heavy atom. The van der Waals surface area contributed by atoms with E-state index in [1.165, 1.54) is 12.8 Å². The number of rotatable bonds is 5. The van der Waals surface area contributed by atoms with Gasteiger partial charge >= 0.3 is 0 Å². The van der Waals surface area contributed by atoms with Gasteiger partial charge in [0.15, 0.2) is 11.6 Å². The minimum Gasteiger partial charge on any atom is -0.357 e. The Labute approximate surface area is 163 Å². The Morgan fingerprint density at radius 2 is 1.82 bits per heavy atom. The summed E-state index contributed by atoms with van der Waals surface area (Å²) in [6, 6.07) is 3.93. The Balaban J connectivity index is 1.26. The third-order valence-electron chi connectivity index (χ3n) is 5.52. The standard InChI is InChI=1S/C20H24N6O2/c1-12(2)17-22-20(28-24-17)15-5-8-21-16(11-15)26-9-6-13(7-10-26)18-23-19(27-25-18)14-3-4-14/h5,8,11-14H,3-4,6-7,9-10H2,1-2H3. The molecule has 1 saturated carbocycles. The number of hydrogen-bond donors (Lipinski definition) is 0. The third kappa shape index (κ3) is 3.39. The fourth-order valence-corrected chi connectivity index (χ4v) is 3.59. The molecule has 0 unspecified atom stereocenters. The first-order valence-electron chi connectivity index (χ1n) is 10.1. The minimum absolute atomic E-state index is 0.239. The molecule has 3 aromatic rings. The van der Waals surface area contributed by atoms with E-state index in [1.807, 2.05) is 26.0 Å². The van der Waals surface area contributed by atoms with E-state index < -0.39 is 0 Å². The highest BCUT2D eigenvalue weighted by Crippen LogP contribution is 2.40. The average Bonchev–Trinajstić information content (AvgIpc) is 3.25. The van der Waals surface area contributed by atoms with Crippen molar-refractivity contribution in [3.8, 4) is 11.5 Å². The largest absolute Gasteiger partial charge is 0.357 e. The normalized spacial score (nSPS) is 18.2. The van der Waals surface area contributed by atoms with Gasteiger partial charge in [-0.1, -0.05) is 24.2 Å². The molecule has 3 aromatic heterocycles. The van der Waals surface area contributed by atoms with Crippen LogP contribution in [0.1, 0.15) is 74.8 Å². The summed E-state index contributed by atoms with van der Waals surface area (Å²) >= 11 is 0. The second-order valence-corrected chi connectivity index (χ2v) is 8.04. The topological polar surface area (TPSA) is 94.0 Å². The van der Waals surface area contributed by atoms with Crippen molar-refractivity contribution in [3.63, 3.8) is 0 Å². The highest BCUT2D eigenvalue weighted by atomic mass is 16.5. The Morgan fingerprint density at radius 3 is 2.54 bits per heavy atom. The summed E-state index contributed by atoms with van der Waals surface area (Å²) in [6.07, 6.45) is 6.15. The summed E-state index contributed by atoms with van der Waals surface area (Å²) in [5.74, 6) is 5.01. The van der Waals surface area contributed by atoms with Crippen LogP contribution in [0.3, 0.4) is 0 Å². The first kappa shape index (κ1) is 17.3. The van der Waals surface area contributed by atoms with Crippen molar-refractivity contribution in [3.05, 3.63) is 35.9 Å². The van der Waals surface area contributed by atoms with Gasteiger partial charge in [-0.15, -0.1) is 0 Å². The molecule has 2 fully saturated rings. The molecule has 0 N–H and O–H groups in total. The lowest BCUT2D eigenvalue weighted by molar-refractivity contribution is 0.364. The predicted molar refractivity (Wildman–Crippen MR) is 102 cm³/mol. The molecule has 28 heavy (non-hydrogen) atoms. The van der Waals surface area contributed by atoms with E-state index in [1.54, 1.807) is 6.20 Å². The Hall–Kier alpha value is -2.77. The lowest BCUT2D eigenvalue weighted by Gasteiger charge is -2.31. The maximum atomic E-state index is 5.43. The molecule has 0 amide bonds. The second kappa shape index (κ2) is 7.00. The maximum Gasteiger partial charge on any atom is 0.258 e. The van der Waals surface area contributed by atoms with Gasteiger partial charge in [0, 0.05) is 42.6 Å². The van der Waals surface area contributed by atoms with Gasteiger partial charge in [-0.25, -0.2) is 4.98 Å². The monoisotopic (exact) mass is 380 g/mol. The summed E-state index contributed by atoms with van der Waals surface area (Å²) in [7, 11) is 0. The lowest BCUT2D eigenvalue weighted by atomic mass is 9.96. The fraction of sp³-hybridized carbons (Fsp3) is 0.550. The molecule has 4 heterocycles. The van der Waals surface area contributed by atoms with E-state index in [2.05, 4.69) is 30.2 Å². The van der Waals surface area contributed by atoms with Gasteiger partial charge in [-0.2, -0.15) is 9.97 Å². The highest BCUT2D eigenvalue weighted by molar-refractivity contribution is 5.58. The molecule has 8 nitrogen and oxygen atoms in total. The van der Waals surface area contributed by atoms with Gasteiger partial charge in [-0.05, 0) is 37.8 Å². The molecule has 2 aliphatic rings. The quantitative estimate of drug-likeness (QED) is 0.658. The van der Waals surface area contributed by atoms with E-state index in [4.69, 9.17) is 9.05 Å². The molecule has 1 aliphatic heterocycles. The molecule has 0 aromatic carbocycles. The van der Waals surface area contributed by atoms with Crippen LogP contribution in [0.15, 0.2) is 27.4 Å². The van der Waals surface area contributed by atoms with Crippen molar-refractivity contribution in [2.75, 3.05) is 18.0 Å². The van der Waals surface area contributed by atoms with E-state index >= 15 is 0 Å². The summed E-state index contributed by atoms with van der Waals surface area (Å²) in [5.41, 5.74) is 0.902. The molecular formula is C20H24N6O2. The number of nitrogens with zero attached hydrogens (tertiary/aromatic N) is 6. The number of anilines is 1. The van der Waals surface area contributed by atoms with Crippen LogP contribution in [0.2, 0.25) is 0 Å². The fourth-order valence-electron chi connectivity index (χ4n) is 3.59. The summed E-state index contributed by atoms with van der Waals surface area (Å²) in [6.45, 7) is 5.92. The summed E-state index contributed by atoms with van der Waals surface area (Å²) in [4.78, 5) is 16.0. The van der Waals surface area contributed by atoms with Crippen LogP contribution in [0.25, 0.3) is 11.5 Å². The Bertz CT molecular complexity index is 953. The van der Waals surface area contributed by atoms with Crippen molar-refractivity contribution >= 4 is 5.82 Å². The SMILES string of the molecule is CC(C)c1noc(-c2ccnc(N3CCC(c4noc(C5CC5)n4)CC3)c2)n1. The molecule has 8 heteroatoms. The number of pyridine rings is 1. The summed E-state index contributed by atoms with van der Waals surface area (Å²) < 4.78 is 10.8. The molecule has 0 bridgehead atoms. The highest BCUT2D eigenvalue weighted by Gasteiger charge is 2.32. The zero-order valence-corrected chi connectivity index (χ0v) is 16.2. The average molecular weight is 380 g/mol.